The van der Waals surface area contributed by atoms with E-state index < -0.39 is 22.9 Å². The van der Waals surface area contributed by atoms with Crippen LogP contribution < -0.4 is 0 Å². The second kappa shape index (κ2) is 5.40. The monoisotopic (exact) mass is 261 g/mol. The molecular formula is C12H12F3OS+. The van der Waals surface area contributed by atoms with Crippen LogP contribution in [-0.2, 0) is 15.7 Å². The van der Waals surface area contributed by atoms with E-state index in [0.717, 1.165) is 0 Å². The fraction of sp³-hybridized carbons (Fsp3) is 0.250. The van der Waals surface area contributed by atoms with Gasteiger partial charge in [-0.25, -0.2) is 0 Å². The Morgan fingerprint density at radius 3 is 2.12 bits per heavy atom. The number of carbonyl (C=O) groups is 1. The Morgan fingerprint density at radius 2 is 1.71 bits per heavy atom. The van der Waals surface area contributed by atoms with Crippen LogP contribution in [0.3, 0.4) is 0 Å². The van der Waals surface area contributed by atoms with Crippen LogP contribution in [0.4, 0.5) is 13.2 Å². The molecular weight excluding hydrogens is 249 g/mol. The Bertz CT molecular complexity index is 421. The average Bonchev–Trinajstić information content (AvgIpc) is 2.25. The Labute approximate surface area is 101 Å². The van der Waals surface area contributed by atoms with Gasteiger partial charge in [-0.15, -0.1) is 0 Å². The molecule has 0 bridgehead atoms. The molecule has 0 unspecified atom stereocenters. The molecule has 0 fully saturated rings. The highest BCUT2D eigenvalue weighted by Gasteiger charge is 2.38. The van der Waals surface area contributed by atoms with Gasteiger partial charge in [-0.1, -0.05) is 18.2 Å². The predicted molar refractivity (Wildman–Crippen MR) is 64.7 cm³/mol. The first kappa shape index (κ1) is 13.8. The van der Waals surface area contributed by atoms with Crippen LogP contribution in [0.15, 0.2) is 36.4 Å². The summed E-state index contributed by atoms with van der Waals surface area (Å²) in [4.78, 5) is 11.4. The van der Waals surface area contributed by atoms with Gasteiger partial charge < -0.3 is 0 Å². The van der Waals surface area contributed by atoms with Crippen LogP contribution in [0.5, 0.6) is 0 Å². The lowest BCUT2D eigenvalue weighted by Crippen LogP contribution is -2.21. The highest BCUT2D eigenvalue weighted by Crippen LogP contribution is 2.24. The molecule has 0 radical (unpaired) electrons. The molecule has 1 rings (SSSR count). The molecule has 92 valence electrons. The highest BCUT2D eigenvalue weighted by molar-refractivity contribution is 8.04. The third kappa shape index (κ3) is 3.93. The zero-order valence-electron chi connectivity index (χ0n) is 9.41. The maximum Gasteiger partial charge on any atom is 0.454 e. The molecule has 5 heteroatoms. The summed E-state index contributed by atoms with van der Waals surface area (Å²) >= 11 is 0. The number of rotatable bonds is 3. The summed E-state index contributed by atoms with van der Waals surface area (Å²) in [5.41, 5.74) is 0.651. The molecule has 0 amide bonds. The molecule has 0 spiro atoms. The van der Waals surface area contributed by atoms with E-state index in [1.165, 1.54) is 0 Å². The van der Waals surface area contributed by atoms with E-state index in [1.54, 1.807) is 42.8 Å². The molecule has 1 nitrogen and oxygen atoms in total. The van der Waals surface area contributed by atoms with Gasteiger partial charge in [-0.3, -0.25) is 4.79 Å². The van der Waals surface area contributed by atoms with E-state index in [-0.39, 0.29) is 0 Å². The summed E-state index contributed by atoms with van der Waals surface area (Å²) in [6.45, 7) is 0. The predicted octanol–water partition coefficient (Wildman–Crippen LogP) is 3.04. The van der Waals surface area contributed by atoms with Crippen molar-refractivity contribution in [2.45, 2.75) is 6.18 Å². The first-order valence-electron chi connectivity index (χ1n) is 4.78. The standard InChI is InChI=1S/C12H12F3OS/c1-17(2)10(8-11(16)12(13,14)15)9-6-4-3-5-7-9/h3-8H,1-2H3/q+1/b10-8-. The van der Waals surface area contributed by atoms with E-state index in [2.05, 4.69) is 0 Å². The summed E-state index contributed by atoms with van der Waals surface area (Å²) in [5, 5.41) is 0. The van der Waals surface area contributed by atoms with Crippen molar-refractivity contribution in [2.24, 2.45) is 0 Å². The van der Waals surface area contributed by atoms with Crippen LogP contribution in [0.2, 0.25) is 0 Å². The molecule has 1 aromatic rings. The lowest BCUT2D eigenvalue weighted by atomic mass is 10.2. The Morgan fingerprint density at radius 1 is 1.18 bits per heavy atom. The lowest BCUT2D eigenvalue weighted by molar-refractivity contribution is -0.165. The minimum atomic E-state index is -4.81. The number of halogens is 3. The van der Waals surface area contributed by atoms with Gasteiger partial charge in [0.2, 0.25) is 0 Å². The Kier molecular flexibility index (Phi) is 4.40. The maximum atomic E-state index is 12.2. The average molecular weight is 261 g/mol. The van der Waals surface area contributed by atoms with Crippen molar-refractivity contribution < 1.29 is 18.0 Å². The number of ketones is 1. The molecule has 0 N–H and O–H groups in total. The minimum Gasteiger partial charge on any atom is -0.284 e. The van der Waals surface area contributed by atoms with Crippen LogP contribution >= 0.6 is 0 Å². The van der Waals surface area contributed by atoms with Gasteiger partial charge in [0.05, 0.1) is 0 Å². The molecule has 0 heterocycles. The Balaban J connectivity index is 3.12. The summed E-state index contributed by atoms with van der Waals surface area (Å²) in [7, 11) is -0.419. The number of alkyl halides is 3. The van der Waals surface area contributed by atoms with Crippen LogP contribution in [0, 0.1) is 0 Å². The minimum absolute atomic E-state index is 0.419. The Hall–Kier alpha value is -1.23. The SMILES string of the molecule is C[S+](C)/C(=C\C(=O)C(F)(F)F)c1ccccc1. The largest absolute Gasteiger partial charge is 0.454 e. The molecule has 0 saturated carbocycles. The third-order valence-electron chi connectivity index (χ3n) is 2.04. The van der Waals surface area contributed by atoms with Gasteiger partial charge in [0.1, 0.15) is 12.5 Å². The first-order chi connectivity index (χ1) is 7.82. The zero-order valence-corrected chi connectivity index (χ0v) is 10.2. The fourth-order valence-electron chi connectivity index (χ4n) is 1.24. The molecule has 0 aliphatic heterocycles. The number of hydrogen-bond acceptors (Lipinski definition) is 1. The van der Waals surface area contributed by atoms with Gasteiger partial charge in [0.15, 0.2) is 4.91 Å². The highest BCUT2D eigenvalue weighted by atomic mass is 32.2. The first-order valence-corrected chi connectivity index (χ1v) is 6.82. The van der Waals surface area contributed by atoms with Gasteiger partial charge >= 0.3 is 6.18 Å². The van der Waals surface area contributed by atoms with Gasteiger partial charge in [0.25, 0.3) is 5.78 Å². The number of allylic oxidation sites excluding steroid dienone is 1. The summed E-state index contributed by atoms with van der Waals surface area (Å²) in [6, 6.07) is 8.63. The fourth-order valence-corrected chi connectivity index (χ4v) is 2.19. The van der Waals surface area contributed by atoms with Gasteiger partial charge in [-0.2, -0.15) is 13.2 Å². The molecule has 0 saturated heterocycles. The zero-order chi connectivity index (χ0) is 13.1. The maximum absolute atomic E-state index is 12.2. The van der Waals surface area contributed by atoms with Crippen LogP contribution in [-0.4, -0.2) is 24.5 Å². The van der Waals surface area contributed by atoms with E-state index in [4.69, 9.17) is 0 Å². The van der Waals surface area contributed by atoms with Crippen LogP contribution in [0.25, 0.3) is 4.91 Å². The molecule has 0 aromatic heterocycles. The van der Waals surface area contributed by atoms with E-state index in [0.29, 0.717) is 16.5 Å². The van der Waals surface area contributed by atoms with Crippen molar-refractivity contribution in [2.75, 3.05) is 12.5 Å². The topological polar surface area (TPSA) is 17.1 Å². The lowest BCUT2D eigenvalue weighted by Gasteiger charge is -2.05. The van der Waals surface area contributed by atoms with Crippen molar-refractivity contribution in [1.29, 1.82) is 0 Å². The summed E-state index contributed by atoms with van der Waals surface area (Å²) < 4.78 is 36.6. The molecule has 17 heavy (non-hydrogen) atoms. The van der Waals surface area contributed by atoms with Crippen molar-refractivity contribution in [3.8, 4) is 0 Å². The number of benzene rings is 1. The van der Waals surface area contributed by atoms with E-state index in [1.807, 2.05) is 0 Å². The van der Waals surface area contributed by atoms with Crippen LogP contribution in [0.1, 0.15) is 5.56 Å². The van der Waals surface area contributed by atoms with Crippen molar-refractivity contribution in [3.63, 3.8) is 0 Å². The second-order valence-electron chi connectivity index (χ2n) is 3.55. The second-order valence-corrected chi connectivity index (χ2v) is 5.63. The van der Waals surface area contributed by atoms with E-state index >= 15 is 0 Å². The molecule has 0 aliphatic carbocycles. The third-order valence-corrected chi connectivity index (χ3v) is 3.27. The normalized spacial score (nSPS) is 12.9. The van der Waals surface area contributed by atoms with Crippen molar-refractivity contribution in [3.05, 3.63) is 42.0 Å². The quantitative estimate of drug-likeness (QED) is 0.604. The molecule has 0 aliphatic rings. The van der Waals surface area contributed by atoms with Crippen molar-refractivity contribution in [1.82, 2.24) is 0 Å². The summed E-state index contributed by atoms with van der Waals surface area (Å²) in [6.07, 6.45) is -0.553. The van der Waals surface area contributed by atoms with Gasteiger partial charge in [0, 0.05) is 22.5 Å². The molecule has 0 atom stereocenters. The van der Waals surface area contributed by atoms with E-state index in [9.17, 15) is 18.0 Å². The van der Waals surface area contributed by atoms with Crippen molar-refractivity contribution >= 4 is 21.6 Å². The molecule has 1 aromatic carbocycles. The number of carbonyl (C=O) groups excluding carboxylic acids is 1. The number of hydrogen-bond donors (Lipinski definition) is 0. The van der Waals surface area contributed by atoms with Gasteiger partial charge in [-0.05, 0) is 12.1 Å². The smallest absolute Gasteiger partial charge is 0.284 e. The summed E-state index contributed by atoms with van der Waals surface area (Å²) in [5.74, 6) is -1.81.